The van der Waals surface area contributed by atoms with Crippen LogP contribution in [0.15, 0.2) is 4.99 Å². The Morgan fingerprint density at radius 1 is 0.582 bits per heavy atom. The zero-order valence-electron chi connectivity index (χ0n) is 31.1. The number of carboxylic acid groups (broad SMARTS) is 3. The predicted octanol–water partition coefficient (Wildman–Crippen LogP) is -4.34. The van der Waals surface area contributed by atoms with E-state index in [2.05, 4.69) is 31.6 Å². The van der Waals surface area contributed by atoms with Gasteiger partial charge >= 0.3 is 17.9 Å². The summed E-state index contributed by atoms with van der Waals surface area (Å²) in [6.07, 6.45) is -1.76. The van der Waals surface area contributed by atoms with Crippen LogP contribution in [0.25, 0.3) is 0 Å². The molecular weight excluding hydrogens is 730 g/mol. The van der Waals surface area contributed by atoms with Gasteiger partial charge in [-0.3, -0.25) is 43.3 Å². The van der Waals surface area contributed by atoms with E-state index in [9.17, 15) is 53.4 Å². The van der Waals surface area contributed by atoms with E-state index in [0.29, 0.717) is 12.8 Å². The molecule has 6 amide bonds. The van der Waals surface area contributed by atoms with Gasteiger partial charge in [-0.25, -0.2) is 4.79 Å². The van der Waals surface area contributed by atoms with Crippen molar-refractivity contribution in [1.82, 2.24) is 26.6 Å². The lowest BCUT2D eigenvalue weighted by molar-refractivity contribution is -0.143. The number of primary amides is 1. The summed E-state index contributed by atoms with van der Waals surface area (Å²) in [6.45, 7) is 3.73. The first-order chi connectivity index (χ1) is 25.7. The molecule has 18 N–H and O–H groups in total. The number of aliphatic imine (C=N–C) groups is 1. The summed E-state index contributed by atoms with van der Waals surface area (Å²) in [5.41, 5.74) is 27.1. The van der Waals surface area contributed by atoms with Crippen LogP contribution in [-0.4, -0.2) is 124 Å². The lowest BCUT2D eigenvalue weighted by Gasteiger charge is -2.27. The van der Waals surface area contributed by atoms with Crippen LogP contribution in [0.2, 0.25) is 0 Å². The van der Waals surface area contributed by atoms with Gasteiger partial charge in [-0.15, -0.1) is 0 Å². The summed E-state index contributed by atoms with van der Waals surface area (Å²) in [5, 5.41) is 39.7. The summed E-state index contributed by atoms with van der Waals surface area (Å²) in [5.74, 6) is -10.2. The fourth-order valence-corrected chi connectivity index (χ4v) is 4.95. The third-order valence-corrected chi connectivity index (χ3v) is 7.80. The number of guanidine groups is 1. The molecule has 0 heterocycles. The van der Waals surface area contributed by atoms with Crippen molar-refractivity contribution in [1.29, 1.82) is 0 Å². The van der Waals surface area contributed by atoms with Crippen molar-refractivity contribution in [3.8, 4) is 0 Å². The van der Waals surface area contributed by atoms with E-state index in [0.717, 1.165) is 0 Å². The van der Waals surface area contributed by atoms with Gasteiger partial charge in [-0.1, -0.05) is 13.8 Å². The normalized spacial score (nSPS) is 14.1. The molecule has 0 spiro atoms. The Labute approximate surface area is 317 Å². The Kier molecular flexibility index (Phi) is 23.6. The van der Waals surface area contributed by atoms with E-state index in [-0.39, 0.29) is 57.1 Å². The van der Waals surface area contributed by atoms with Gasteiger partial charge in [0.25, 0.3) is 0 Å². The molecule has 0 saturated heterocycles. The zero-order valence-corrected chi connectivity index (χ0v) is 31.1. The number of carbonyl (C=O) groups is 9. The van der Waals surface area contributed by atoms with E-state index in [1.54, 1.807) is 13.8 Å². The molecule has 0 bridgehead atoms. The van der Waals surface area contributed by atoms with Gasteiger partial charge in [0.15, 0.2) is 5.96 Å². The first-order valence-corrected chi connectivity index (χ1v) is 17.7. The van der Waals surface area contributed by atoms with Crippen LogP contribution in [0.4, 0.5) is 0 Å². The zero-order chi connectivity index (χ0) is 42.2. The van der Waals surface area contributed by atoms with Crippen LogP contribution in [0, 0.1) is 5.92 Å². The summed E-state index contributed by atoms with van der Waals surface area (Å²) < 4.78 is 0. The first kappa shape index (κ1) is 49.4. The number of nitrogens with one attached hydrogen (secondary N) is 5. The highest BCUT2D eigenvalue weighted by Gasteiger charge is 2.33. The van der Waals surface area contributed by atoms with Gasteiger partial charge in [-0.05, 0) is 63.8 Å². The number of aliphatic carboxylic acids is 3. The molecule has 0 aliphatic rings. The quantitative estimate of drug-likeness (QED) is 0.0194. The summed E-state index contributed by atoms with van der Waals surface area (Å²) in [7, 11) is 0. The van der Waals surface area contributed by atoms with Crippen LogP contribution < -0.4 is 55.3 Å². The van der Waals surface area contributed by atoms with Crippen LogP contribution in [0.3, 0.4) is 0 Å². The Hall–Kier alpha value is -5.58. The van der Waals surface area contributed by atoms with Crippen LogP contribution in [0.1, 0.15) is 84.5 Å². The first-order valence-electron chi connectivity index (χ1n) is 17.7. The number of hydrogen-bond acceptors (Lipinski definition) is 12. The lowest BCUT2D eigenvalue weighted by atomic mass is 10.0. The highest BCUT2D eigenvalue weighted by Crippen LogP contribution is 2.10. The van der Waals surface area contributed by atoms with E-state index < -0.39 is 115 Å². The van der Waals surface area contributed by atoms with Crippen molar-refractivity contribution in [2.45, 2.75) is 121 Å². The van der Waals surface area contributed by atoms with Crippen molar-refractivity contribution in [2.24, 2.45) is 39.6 Å². The van der Waals surface area contributed by atoms with Gasteiger partial charge in [0.1, 0.15) is 30.2 Å². The fraction of sp³-hybridized carbons (Fsp3) is 0.688. The average molecular weight is 788 g/mol. The molecule has 0 fully saturated rings. The maximum Gasteiger partial charge on any atom is 0.326 e. The molecule has 0 aromatic heterocycles. The molecule has 312 valence electrons. The largest absolute Gasteiger partial charge is 0.481 e. The van der Waals surface area contributed by atoms with Gasteiger partial charge in [0.2, 0.25) is 35.4 Å². The van der Waals surface area contributed by atoms with Gasteiger partial charge in [0.05, 0.1) is 12.5 Å². The second-order valence-corrected chi connectivity index (χ2v) is 13.1. The number of nitrogens with zero attached hydrogens (tertiary/aromatic N) is 1. The molecule has 0 aliphatic carbocycles. The minimum atomic E-state index is -1.61. The number of hydrogen-bond donors (Lipinski definition) is 13. The average Bonchev–Trinajstić information content (AvgIpc) is 3.08. The van der Waals surface area contributed by atoms with Crippen molar-refractivity contribution < 1.29 is 58.5 Å². The molecule has 0 unspecified atom stereocenters. The van der Waals surface area contributed by atoms with Crippen LogP contribution >= 0.6 is 0 Å². The number of unbranched alkanes of at least 4 members (excludes halogenated alkanes) is 1. The molecular formula is C32H57N11O12. The second-order valence-electron chi connectivity index (χ2n) is 13.1. The van der Waals surface area contributed by atoms with Crippen molar-refractivity contribution in [2.75, 3.05) is 13.1 Å². The van der Waals surface area contributed by atoms with E-state index >= 15 is 0 Å². The summed E-state index contributed by atoms with van der Waals surface area (Å²) in [4.78, 5) is 116. The summed E-state index contributed by atoms with van der Waals surface area (Å²) in [6, 6.07) is -8.69. The van der Waals surface area contributed by atoms with Gasteiger partial charge in [0, 0.05) is 19.4 Å². The Bertz CT molecular complexity index is 1370. The molecule has 23 heteroatoms. The van der Waals surface area contributed by atoms with E-state index in [1.165, 1.54) is 0 Å². The van der Waals surface area contributed by atoms with E-state index in [4.69, 9.17) is 33.8 Å². The number of rotatable bonds is 29. The smallest absolute Gasteiger partial charge is 0.326 e. The van der Waals surface area contributed by atoms with Crippen molar-refractivity contribution in [3.05, 3.63) is 0 Å². The molecule has 0 rings (SSSR count). The van der Waals surface area contributed by atoms with Crippen molar-refractivity contribution in [3.63, 3.8) is 0 Å². The highest BCUT2D eigenvalue weighted by molar-refractivity contribution is 5.97. The monoisotopic (exact) mass is 787 g/mol. The topological polar surface area (TPSA) is 417 Å². The molecule has 0 aromatic carbocycles. The van der Waals surface area contributed by atoms with Crippen LogP contribution in [0.5, 0.6) is 0 Å². The third kappa shape index (κ3) is 22.3. The molecule has 6 atom stereocenters. The summed E-state index contributed by atoms with van der Waals surface area (Å²) >= 11 is 0. The molecule has 0 aliphatic heterocycles. The Balaban J connectivity index is 6.24. The predicted molar refractivity (Wildman–Crippen MR) is 195 cm³/mol. The molecule has 23 nitrogen and oxygen atoms in total. The number of carbonyl (C=O) groups excluding carboxylic acids is 6. The molecule has 0 aromatic rings. The maximum atomic E-state index is 13.7. The number of nitrogens with two attached hydrogens (primary N) is 5. The SMILES string of the molecule is CC(C)C[C@H](NC(=O)[C@H](CC(N)=O)NC(=O)[C@@H](N)CCC(=O)O)C(=O)N[C@@H](CCCCN)C(=O)N[C@@H](CCC(=O)O)C(=O)N[C@@H](CCCN=C(N)N)C(=O)O. The van der Waals surface area contributed by atoms with E-state index in [1.807, 2.05) is 0 Å². The molecule has 0 saturated carbocycles. The standard InChI is InChI=1S/C32H57N11O12/c1-16(2)14-21(43-30(53)22(15-23(35)44)42-26(49)17(34)8-10-24(45)46)29(52)39-18(6-3-4-12-33)27(50)40-19(9-11-25(47)48)28(51)41-20(31(54)55)7-5-13-38-32(36)37/h16-22H,3-15,33-34H2,1-2H3,(H2,35,44)(H,39,52)(H,40,50)(H,41,51)(H,42,49)(H,43,53)(H,45,46)(H,47,48)(H,54,55)(H4,36,37,38)/t17-,18-,19-,20-,21-,22-/m0/s1. The number of carboxylic acids is 3. The van der Waals surface area contributed by atoms with Gasteiger partial charge in [-0.2, -0.15) is 0 Å². The van der Waals surface area contributed by atoms with Gasteiger partial charge < -0.3 is 70.6 Å². The van der Waals surface area contributed by atoms with Crippen LogP contribution in [-0.2, 0) is 43.2 Å². The maximum absolute atomic E-state index is 13.7. The lowest BCUT2D eigenvalue weighted by Crippen LogP contribution is -2.59. The third-order valence-electron chi connectivity index (χ3n) is 7.80. The fourth-order valence-electron chi connectivity index (χ4n) is 4.95. The minimum Gasteiger partial charge on any atom is -0.481 e. The van der Waals surface area contributed by atoms with Crippen molar-refractivity contribution >= 4 is 59.3 Å². The minimum absolute atomic E-state index is 0.00647. The highest BCUT2D eigenvalue weighted by atomic mass is 16.4. The molecule has 0 radical (unpaired) electrons. The number of amides is 6. The Morgan fingerprint density at radius 3 is 1.53 bits per heavy atom. The second kappa shape index (κ2) is 26.2. The Morgan fingerprint density at radius 2 is 1.04 bits per heavy atom. The molecule has 55 heavy (non-hydrogen) atoms.